The quantitative estimate of drug-likeness (QED) is 0.501. The number of benzene rings is 2. The Hall–Kier alpha value is -3.22. The third-order valence-electron chi connectivity index (χ3n) is 3.92. The number of amides is 1. The molecule has 0 aromatic heterocycles. The van der Waals surface area contributed by atoms with Crippen molar-refractivity contribution in [2.24, 2.45) is 5.10 Å². The summed E-state index contributed by atoms with van der Waals surface area (Å²) in [6.45, 7) is 2.01. The first-order valence-electron chi connectivity index (χ1n) is 8.94. The number of nitrogens with one attached hydrogen (secondary N) is 1. The summed E-state index contributed by atoms with van der Waals surface area (Å²) in [6, 6.07) is 11.2. The average molecular weight is 386 g/mol. The first-order valence-corrected chi connectivity index (χ1v) is 8.94. The summed E-state index contributed by atoms with van der Waals surface area (Å²) in [5.41, 5.74) is 4.36. The fraction of sp³-hybridized carbons (Fsp3) is 0.333. The summed E-state index contributed by atoms with van der Waals surface area (Å²) in [6.07, 6.45) is 3.60. The van der Waals surface area contributed by atoms with E-state index >= 15 is 0 Å². The van der Waals surface area contributed by atoms with Crippen molar-refractivity contribution in [3.05, 3.63) is 47.5 Å². The second-order valence-corrected chi connectivity index (χ2v) is 5.93. The number of hydrogen-bond donors (Lipinski definition) is 1. The molecule has 7 heteroatoms. The van der Waals surface area contributed by atoms with Crippen molar-refractivity contribution in [2.75, 3.05) is 27.9 Å². The zero-order valence-corrected chi connectivity index (χ0v) is 16.7. The van der Waals surface area contributed by atoms with Crippen LogP contribution >= 0.6 is 0 Å². The summed E-state index contributed by atoms with van der Waals surface area (Å²) in [5, 5.41) is 3.94. The Balaban J connectivity index is 1.90. The average Bonchev–Trinajstić information content (AvgIpc) is 2.72. The number of ether oxygens (including phenoxy) is 4. The molecule has 2 aromatic carbocycles. The van der Waals surface area contributed by atoms with Gasteiger partial charge in [-0.05, 0) is 36.2 Å². The van der Waals surface area contributed by atoms with E-state index in [1.165, 1.54) is 33.1 Å². The minimum atomic E-state index is -0.360. The highest BCUT2D eigenvalue weighted by molar-refractivity contribution is 5.84. The van der Waals surface area contributed by atoms with Gasteiger partial charge in [-0.3, -0.25) is 4.79 Å². The largest absolute Gasteiger partial charge is 0.493 e. The van der Waals surface area contributed by atoms with Crippen molar-refractivity contribution >= 4 is 12.1 Å². The van der Waals surface area contributed by atoms with Gasteiger partial charge in [0.2, 0.25) is 5.75 Å². The van der Waals surface area contributed by atoms with E-state index < -0.39 is 0 Å². The molecule has 2 aromatic rings. The van der Waals surface area contributed by atoms with Crippen molar-refractivity contribution in [3.8, 4) is 23.0 Å². The Morgan fingerprint density at radius 3 is 2.21 bits per heavy atom. The highest BCUT2D eigenvalue weighted by Crippen LogP contribution is 2.37. The minimum Gasteiger partial charge on any atom is -0.493 e. The molecule has 0 saturated heterocycles. The number of carbonyl (C=O) groups excluding carboxylic acids is 1. The summed E-state index contributed by atoms with van der Waals surface area (Å²) >= 11 is 0. The van der Waals surface area contributed by atoms with Crippen molar-refractivity contribution < 1.29 is 23.7 Å². The number of carbonyl (C=O) groups is 1. The highest BCUT2D eigenvalue weighted by Gasteiger charge is 2.12. The van der Waals surface area contributed by atoms with Gasteiger partial charge in [0.1, 0.15) is 5.75 Å². The number of rotatable bonds is 10. The van der Waals surface area contributed by atoms with Gasteiger partial charge in [0.05, 0.1) is 27.5 Å². The molecule has 0 bridgehead atoms. The molecule has 0 aliphatic heterocycles. The molecule has 0 saturated carbocycles. The predicted molar refractivity (Wildman–Crippen MR) is 108 cm³/mol. The number of aryl methyl sites for hydroxylation is 1. The lowest BCUT2D eigenvalue weighted by Gasteiger charge is -2.12. The van der Waals surface area contributed by atoms with E-state index in [1.54, 1.807) is 12.1 Å². The van der Waals surface area contributed by atoms with Crippen LogP contribution in [0.2, 0.25) is 0 Å². The summed E-state index contributed by atoms with van der Waals surface area (Å²) < 4.78 is 21.3. The van der Waals surface area contributed by atoms with Crippen LogP contribution in [0.1, 0.15) is 24.5 Å². The molecule has 0 fully saturated rings. The maximum absolute atomic E-state index is 11.9. The lowest BCUT2D eigenvalue weighted by Crippen LogP contribution is -2.24. The molecule has 1 N–H and O–H groups in total. The zero-order chi connectivity index (χ0) is 20.4. The lowest BCUT2D eigenvalue weighted by molar-refractivity contribution is -0.123. The van der Waals surface area contributed by atoms with E-state index in [4.69, 9.17) is 18.9 Å². The van der Waals surface area contributed by atoms with Gasteiger partial charge in [-0.1, -0.05) is 25.5 Å². The van der Waals surface area contributed by atoms with E-state index in [1.807, 2.05) is 24.3 Å². The standard InChI is InChI=1S/C21H26N2O5/c1-5-6-15-7-9-17(10-8-15)28-14-20(24)23-22-13-16-11-18(25-2)21(27-4)19(12-16)26-3/h7-13H,5-6,14H2,1-4H3,(H,23,24)/b22-13+. The number of nitrogens with zero attached hydrogens (tertiary/aromatic N) is 1. The normalized spacial score (nSPS) is 10.6. The van der Waals surface area contributed by atoms with Crippen molar-refractivity contribution in [1.29, 1.82) is 0 Å². The third kappa shape index (κ3) is 5.90. The molecular formula is C21H26N2O5. The van der Waals surface area contributed by atoms with E-state index in [9.17, 15) is 4.79 Å². The maximum Gasteiger partial charge on any atom is 0.277 e. The first kappa shape index (κ1) is 21.1. The Morgan fingerprint density at radius 1 is 1.04 bits per heavy atom. The van der Waals surface area contributed by atoms with Crippen LogP contribution in [-0.4, -0.2) is 40.1 Å². The molecule has 2 rings (SSSR count). The van der Waals surface area contributed by atoms with Gasteiger partial charge >= 0.3 is 0 Å². The Bertz CT molecular complexity index is 778. The molecule has 0 aliphatic rings. The van der Waals surface area contributed by atoms with Gasteiger partial charge in [0, 0.05) is 5.56 Å². The minimum absolute atomic E-state index is 0.125. The molecule has 0 spiro atoms. The van der Waals surface area contributed by atoms with E-state index in [0.717, 1.165) is 12.8 Å². The maximum atomic E-state index is 11.9. The molecular weight excluding hydrogens is 360 g/mol. The van der Waals surface area contributed by atoms with Gasteiger partial charge in [0.15, 0.2) is 18.1 Å². The number of methoxy groups -OCH3 is 3. The van der Waals surface area contributed by atoms with Crippen LogP contribution in [0.15, 0.2) is 41.5 Å². The van der Waals surface area contributed by atoms with Gasteiger partial charge in [-0.25, -0.2) is 5.43 Å². The summed E-state index contributed by atoms with van der Waals surface area (Å²) in [5.74, 6) is 1.78. The van der Waals surface area contributed by atoms with Gasteiger partial charge < -0.3 is 18.9 Å². The third-order valence-corrected chi connectivity index (χ3v) is 3.92. The Morgan fingerprint density at radius 2 is 1.68 bits per heavy atom. The first-order chi connectivity index (χ1) is 13.6. The second-order valence-electron chi connectivity index (χ2n) is 5.93. The summed E-state index contributed by atoms with van der Waals surface area (Å²) in [4.78, 5) is 11.9. The molecule has 1 amide bonds. The molecule has 28 heavy (non-hydrogen) atoms. The van der Waals surface area contributed by atoms with Gasteiger partial charge in [0.25, 0.3) is 5.91 Å². The van der Waals surface area contributed by atoms with Crippen molar-refractivity contribution in [1.82, 2.24) is 5.43 Å². The molecule has 150 valence electrons. The Kier molecular flexibility index (Phi) is 8.14. The molecule has 0 heterocycles. The van der Waals surface area contributed by atoms with Crippen LogP contribution in [-0.2, 0) is 11.2 Å². The topological polar surface area (TPSA) is 78.4 Å². The van der Waals surface area contributed by atoms with Gasteiger partial charge in [-0.15, -0.1) is 0 Å². The number of hydrogen-bond acceptors (Lipinski definition) is 6. The van der Waals surface area contributed by atoms with Crippen LogP contribution in [0.5, 0.6) is 23.0 Å². The zero-order valence-electron chi connectivity index (χ0n) is 16.7. The molecule has 0 radical (unpaired) electrons. The van der Waals surface area contributed by atoms with Crippen LogP contribution < -0.4 is 24.4 Å². The molecule has 7 nitrogen and oxygen atoms in total. The van der Waals surface area contributed by atoms with Crippen molar-refractivity contribution in [3.63, 3.8) is 0 Å². The lowest BCUT2D eigenvalue weighted by atomic mass is 10.1. The monoisotopic (exact) mass is 386 g/mol. The fourth-order valence-electron chi connectivity index (χ4n) is 2.58. The van der Waals surface area contributed by atoms with Crippen LogP contribution in [0.4, 0.5) is 0 Å². The smallest absolute Gasteiger partial charge is 0.277 e. The van der Waals surface area contributed by atoms with Crippen molar-refractivity contribution in [2.45, 2.75) is 19.8 Å². The van der Waals surface area contributed by atoms with Crippen LogP contribution in [0.25, 0.3) is 0 Å². The summed E-state index contributed by atoms with van der Waals surface area (Å²) in [7, 11) is 4.60. The molecule has 0 atom stereocenters. The van der Waals surface area contributed by atoms with E-state index in [2.05, 4.69) is 17.5 Å². The Labute approximate surface area is 165 Å². The molecule has 0 unspecified atom stereocenters. The van der Waals surface area contributed by atoms with Crippen LogP contribution in [0, 0.1) is 0 Å². The van der Waals surface area contributed by atoms with Crippen LogP contribution in [0.3, 0.4) is 0 Å². The fourth-order valence-corrected chi connectivity index (χ4v) is 2.58. The highest BCUT2D eigenvalue weighted by atomic mass is 16.5. The van der Waals surface area contributed by atoms with Gasteiger partial charge in [-0.2, -0.15) is 5.10 Å². The number of hydrazone groups is 1. The second kappa shape index (κ2) is 10.8. The molecule has 0 aliphatic carbocycles. The predicted octanol–water partition coefficient (Wildman–Crippen LogP) is 3.19. The SMILES string of the molecule is CCCc1ccc(OCC(=O)N/N=C/c2cc(OC)c(OC)c(OC)c2)cc1. The van der Waals surface area contributed by atoms with E-state index in [0.29, 0.717) is 28.6 Å². The van der Waals surface area contributed by atoms with E-state index in [-0.39, 0.29) is 12.5 Å².